The van der Waals surface area contributed by atoms with E-state index < -0.39 is 0 Å². The van der Waals surface area contributed by atoms with Crippen molar-refractivity contribution in [2.45, 2.75) is 20.8 Å². The molecule has 6 heteroatoms. The highest BCUT2D eigenvalue weighted by Gasteiger charge is 2.09. The van der Waals surface area contributed by atoms with Crippen LogP contribution in [0.5, 0.6) is 0 Å². The molecule has 0 atom stereocenters. The van der Waals surface area contributed by atoms with Crippen LogP contribution in [0.25, 0.3) is 0 Å². The predicted octanol–water partition coefficient (Wildman–Crippen LogP) is 4.63. The van der Waals surface area contributed by atoms with Crippen LogP contribution in [0.15, 0.2) is 60.9 Å². The summed E-state index contributed by atoms with van der Waals surface area (Å²) in [7, 11) is 0. The predicted molar refractivity (Wildman–Crippen MR) is 114 cm³/mol. The number of aromatic nitrogens is 2. The first-order valence-corrected chi connectivity index (χ1v) is 9.41. The largest absolute Gasteiger partial charge is 0.372 e. The van der Waals surface area contributed by atoms with E-state index in [4.69, 9.17) is 0 Å². The normalized spacial score (nSPS) is 10.4. The summed E-state index contributed by atoms with van der Waals surface area (Å²) in [4.78, 5) is 23.2. The third-order valence-electron chi connectivity index (χ3n) is 4.44. The maximum absolute atomic E-state index is 12.4. The molecule has 0 bridgehead atoms. The van der Waals surface area contributed by atoms with E-state index in [9.17, 15) is 4.79 Å². The van der Waals surface area contributed by atoms with E-state index in [1.54, 1.807) is 0 Å². The minimum atomic E-state index is -0.238. The van der Waals surface area contributed by atoms with Crippen LogP contribution in [0, 0.1) is 6.92 Å². The summed E-state index contributed by atoms with van der Waals surface area (Å²) in [5, 5.41) is 6.01. The highest BCUT2D eigenvalue weighted by molar-refractivity contribution is 6.04. The lowest BCUT2D eigenvalue weighted by atomic mass is 10.2. The number of carbonyl (C=O) groups is 1. The Hall–Kier alpha value is -3.41. The van der Waals surface area contributed by atoms with Crippen molar-refractivity contribution in [1.29, 1.82) is 0 Å². The SMILES string of the molecule is CCN(CC)c1ccc(NC(=O)c2cnc(Nc3cccc(C)c3)nc2)cc1. The number of carbonyl (C=O) groups excluding carboxylic acids is 1. The number of rotatable bonds is 7. The van der Waals surface area contributed by atoms with E-state index in [0.717, 1.165) is 35.7 Å². The maximum atomic E-state index is 12.4. The molecular weight excluding hydrogens is 350 g/mol. The topological polar surface area (TPSA) is 70.2 Å². The van der Waals surface area contributed by atoms with Gasteiger partial charge in [-0.1, -0.05) is 12.1 Å². The first kappa shape index (κ1) is 19.4. The fourth-order valence-electron chi connectivity index (χ4n) is 2.91. The summed E-state index contributed by atoms with van der Waals surface area (Å²) in [5.74, 6) is 0.212. The summed E-state index contributed by atoms with van der Waals surface area (Å²) in [6, 6.07) is 15.8. The number of benzene rings is 2. The molecule has 0 radical (unpaired) electrons. The molecule has 0 aliphatic heterocycles. The molecule has 1 heterocycles. The van der Waals surface area contributed by atoms with Crippen LogP contribution in [0.1, 0.15) is 29.8 Å². The van der Waals surface area contributed by atoms with Crippen molar-refractivity contribution in [3.63, 3.8) is 0 Å². The number of aryl methyl sites for hydroxylation is 1. The van der Waals surface area contributed by atoms with Crippen LogP contribution < -0.4 is 15.5 Å². The second-order valence-corrected chi connectivity index (χ2v) is 6.46. The molecule has 3 rings (SSSR count). The minimum absolute atomic E-state index is 0.238. The van der Waals surface area contributed by atoms with E-state index in [0.29, 0.717) is 11.5 Å². The maximum Gasteiger partial charge on any atom is 0.258 e. The van der Waals surface area contributed by atoms with Gasteiger partial charge in [0.1, 0.15) is 0 Å². The second-order valence-electron chi connectivity index (χ2n) is 6.46. The third kappa shape index (κ3) is 4.85. The average Bonchev–Trinajstić information content (AvgIpc) is 2.71. The number of amides is 1. The van der Waals surface area contributed by atoms with Crippen LogP contribution in [0.2, 0.25) is 0 Å². The Labute approximate surface area is 165 Å². The second kappa shape index (κ2) is 8.99. The smallest absolute Gasteiger partial charge is 0.258 e. The molecule has 3 aromatic rings. The summed E-state index contributed by atoms with van der Waals surface area (Å²) < 4.78 is 0. The van der Waals surface area contributed by atoms with Gasteiger partial charge in [-0.15, -0.1) is 0 Å². The molecule has 0 fully saturated rings. The highest BCUT2D eigenvalue weighted by Crippen LogP contribution is 2.18. The van der Waals surface area contributed by atoms with Crippen molar-refractivity contribution >= 4 is 28.9 Å². The van der Waals surface area contributed by atoms with Gasteiger partial charge in [-0.25, -0.2) is 9.97 Å². The Bertz CT molecular complexity index is 918. The third-order valence-corrected chi connectivity index (χ3v) is 4.44. The van der Waals surface area contributed by atoms with Gasteiger partial charge in [-0.2, -0.15) is 0 Å². The average molecular weight is 375 g/mol. The van der Waals surface area contributed by atoms with Crippen LogP contribution >= 0.6 is 0 Å². The number of nitrogens with zero attached hydrogens (tertiary/aromatic N) is 3. The zero-order valence-corrected chi connectivity index (χ0v) is 16.4. The van der Waals surface area contributed by atoms with Gasteiger partial charge >= 0.3 is 0 Å². The number of hydrogen-bond acceptors (Lipinski definition) is 5. The Morgan fingerprint density at radius 2 is 1.64 bits per heavy atom. The van der Waals surface area contributed by atoms with Gasteiger partial charge in [-0.05, 0) is 62.7 Å². The highest BCUT2D eigenvalue weighted by atomic mass is 16.1. The summed E-state index contributed by atoms with van der Waals surface area (Å²) in [6.45, 7) is 8.16. The summed E-state index contributed by atoms with van der Waals surface area (Å²) in [5.41, 5.74) is 4.34. The number of nitrogens with one attached hydrogen (secondary N) is 2. The van der Waals surface area contributed by atoms with Crippen LogP contribution in [0.3, 0.4) is 0 Å². The molecule has 1 amide bonds. The van der Waals surface area contributed by atoms with Gasteiger partial charge in [-0.3, -0.25) is 4.79 Å². The van der Waals surface area contributed by atoms with Gasteiger partial charge in [0.05, 0.1) is 5.56 Å². The molecule has 144 valence electrons. The number of anilines is 4. The monoisotopic (exact) mass is 375 g/mol. The van der Waals surface area contributed by atoms with Crippen LogP contribution in [0.4, 0.5) is 23.0 Å². The Kier molecular flexibility index (Phi) is 6.22. The quantitative estimate of drug-likeness (QED) is 0.630. The minimum Gasteiger partial charge on any atom is -0.372 e. The van der Waals surface area contributed by atoms with Crippen molar-refractivity contribution in [3.8, 4) is 0 Å². The fraction of sp³-hybridized carbons (Fsp3) is 0.227. The molecule has 28 heavy (non-hydrogen) atoms. The van der Waals surface area contributed by atoms with Crippen molar-refractivity contribution in [3.05, 3.63) is 72.1 Å². The molecule has 6 nitrogen and oxygen atoms in total. The first-order valence-electron chi connectivity index (χ1n) is 9.41. The summed E-state index contributed by atoms with van der Waals surface area (Å²) in [6.07, 6.45) is 3.04. The van der Waals surface area contributed by atoms with Crippen molar-refractivity contribution in [1.82, 2.24) is 9.97 Å². The van der Waals surface area contributed by atoms with Gasteiger partial charge < -0.3 is 15.5 Å². The molecule has 1 aromatic heterocycles. The lowest BCUT2D eigenvalue weighted by molar-refractivity contribution is 0.102. The number of hydrogen-bond donors (Lipinski definition) is 2. The van der Waals surface area contributed by atoms with Gasteiger partial charge in [0.25, 0.3) is 5.91 Å². The molecule has 2 aromatic carbocycles. The molecule has 0 aliphatic rings. The first-order chi connectivity index (χ1) is 13.6. The Morgan fingerprint density at radius 1 is 0.964 bits per heavy atom. The zero-order chi connectivity index (χ0) is 19.9. The lowest BCUT2D eigenvalue weighted by Crippen LogP contribution is -2.21. The molecule has 0 unspecified atom stereocenters. The molecular formula is C22H25N5O. The summed E-state index contributed by atoms with van der Waals surface area (Å²) >= 11 is 0. The Balaban J connectivity index is 1.63. The van der Waals surface area contributed by atoms with E-state index in [1.165, 1.54) is 12.4 Å². The van der Waals surface area contributed by atoms with Gasteiger partial charge in [0.2, 0.25) is 5.95 Å². The molecule has 0 spiro atoms. The molecule has 0 saturated heterocycles. The molecule has 2 N–H and O–H groups in total. The van der Waals surface area contributed by atoms with Crippen molar-refractivity contribution in [2.24, 2.45) is 0 Å². The van der Waals surface area contributed by atoms with E-state index in [1.807, 2.05) is 55.5 Å². The van der Waals surface area contributed by atoms with Crippen molar-refractivity contribution in [2.75, 3.05) is 28.6 Å². The Morgan fingerprint density at radius 3 is 2.25 bits per heavy atom. The standard InChI is InChI=1S/C22H25N5O/c1-4-27(5-2)20-11-9-18(10-12-20)25-21(28)17-14-23-22(24-15-17)26-19-8-6-7-16(3)13-19/h6-15H,4-5H2,1-3H3,(H,25,28)(H,23,24,26). The lowest BCUT2D eigenvalue weighted by Gasteiger charge is -2.21. The molecule has 0 saturated carbocycles. The fourth-order valence-corrected chi connectivity index (χ4v) is 2.91. The molecule has 0 aliphatic carbocycles. The van der Waals surface area contributed by atoms with E-state index in [-0.39, 0.29) is 5.91 Å². The zero-order valence-electron chi connectivity index (χ0n) is 16.4. The van der Waals surface area contributed by atoms with Gasteiger partial charge in [0.15, 0.2) is 0 Å². The van der Waals surface area contributed by atoms with E-state index >= 15 is 0 Å². The van der Waals surface area contributed by atoms with Gasteiger partial charge in [0, 0.05) is 42.5 Å². The van der Waals surface area contributed by atoms with Crippen LogP contribution in [-0.4, -0.2) is 29.0 Å². The van der Waals surface area contributed by atoms with Crippen molar-refractivity contribution < 1.29 is 4.79 Å². The van der Waals surface area contributed by atoms with E-state index in [2.05, 4.69) is 39.3 Å². The van der Waals surface area contributed by atoms with Crippen LogP contribution in [-0.2, 0) is 0 Å².